The summed E-state index contributed by atoms with van der Waals surface area (Å²) in [5.41, 5.74) is 5.16. The van der Waals surface area contributed by atoms with Crippen molar-refractivity contribution < 1.29 is 4.74 Å². The highest BCUT2D eigenvalue weighted by Crippen LogP contribution is 2.36. The van der Waals surface area contributed by atoms with Gasteiger partial charge >= 0.3 is 0 Å². The van der Waals surface area contributed by atoms with E-state index in [-0.39, 0.29) is 5.56 Å². The van der Waals surface area contributed by atoms with Crippen molar-refractivity contribution in [3.8, 4) is 16.9 Å². The van der Waals surface area contributed by atoms with Gasteiger partial charge in [-0.3, -0.25) is 4.79 Å². The average Bonchev–Trinajstić information content (AvgIpc) is 2.75. The Morgan fingerprint density at radius 2 is 1.94 bits per heavy atom. The molecule has 1 fully saturated rings. The van der Waals surface area contributed by atoms with Crippen LogP contribution < -0.4 is 15.6 Å². The lowest BCUT2D eigenvalue weighted by Crippen LogP contribution is -2.35. The second kappa shape index (κ2) is 9.93. The fourth-order valence-corrected chi connectivity index (χ4v) is 4.89. The molecule has 3 aromatic rings. The molecule has 0 amide bonds. The molecule has 1 saturated heterocycles. The van der Waals surface area contributed by atoms with Gasteiger partial charge in [-0.15, -0.1) is 6.58 Å². The SMILES string of the molecule is C=CCc1cc2c(OCCC3CCCCN3)c(-c3cc(C)cc(C)c3)c(=O)[nH]c2cc1Cl. The number of aryl methyl sites for hydroxylation is 2. The van der Waals surface area contributed by atoms with Crippen LogP contribution in [0.1, 0.15) is 42.4 Å². The molecular formula is C27H31ClN2O2. The van der Waals surface area contributed by atoms with Gasteiger partial charge in [0.15, 0.2) is 0 Å². The molecule has 2 N–H and O–H groups in total. The first-order valence-electron chi connectivity index (χ1n) is 11.4. The number of nitrogens with one attached hydrogen (secondary N) is 2. The predicted molar refractivity (Wildman–Crippen MR) is 134 cm³/mol. The van der Waals surface area contributed by atoms with E-state index in [1.54, 1.807) is 0 Å². The predicted octanol–water partition coefficient (Wildman–Crippen LogP) is 6.10. The molecule has 5 heteroatoms. The summed E-state index contributed by atoms with van der Waals surface area (Å²) in [6.45, 7) is 9.55. The van der Waals surface area contributed by atoms with Gasteiger partial charge in [0, 0.05) is 16.5 Å². The van der Waals surface area contributed by atoms with E-state index in [4.69, 9.17) is 16.3 Å². The number of rotatable bonds is 7. The highest BCUT2D eigenvalue weighted by atomic mass is 35.5. The molecule has 2 aromatic carbocycles. The summed E-state index contributed by atoms with van der Waals surface area (Å²) in [4.78, 5) is 16.3. The van der Waals surface area contributed by atoms with Gasteiger partial charge in [0.25, 0.3) is 5.56 Å². The lowest BCUT2D eigenvalue weighted by molar-refractivity contribution is 0.271. The van der Waals surface area contributed by atoms with Gasteiger partial charge in [0.1, 0.15) is 5.75 Å². The van der Waals surface area contributed by atoms with Gasteiger partial charge in [-0.25, -0.2) is 0 Å². The first kappa shape index (κ1) is 22.6. The third kappa shape index (κ3) is 4.92. The summed E-state index contributed by atoms with van der Waals surface area (Å²) in [7, 11) is 0. The first-order valence-corrected chi connectivity index (χ1v) is 11.8. The summed E-state index contributed by atoms with van der Waals surface area (Å²) in [5, 5.41) is 5.06. The Morgan fingerprint density at radius 1 is 1.16 bits per heavy atom. The molecule has 1 unspecified atom stereocenters. The highest BCUT2D eigenvalue weighted by Gasteiger charge is 2.19. The zero-order valence-corrected chi connectivity index (χ0v) is 19.6. The zero-order chi connectivity index (χ0) is 22.7. The number of fused-ring (bicyclic) bond motifs is 1. The van der Waals surface area contributed by atoms with E-state index in [1.807, 2.05) is 44.2 Å². The molecule has 1 aliphatic heterocycles. The number of aromatic nitrogens is 1. The molecule has 4 rings (SSSR count). The molecule has 0 radical (unpaired) electrons. The van der Waals surface area contributed by atoms with Crippen LogP contribution in [0.3, 0.4) is 0 Å². The molecule has 1 aromatic heterocycles. The number of pyridine rings is 1. The van der Waals surface area contributed by atoms with E-state index in [1.165, 1.54) is 19.3 Å². The van der Waals surface area contributed by atoms with Crippen molar-refractivity contribution in [2.75, 3.05) is 13.2 Å². The topological polar surface area (TPSA) is 54.1 Å². The minimum Gasteiger partial charge on any atom is -0.492 e. The third-order valence-corrected chi connectivity index (χ3v) is 6.49. The van der Waals surface area contributed by atoms with Gasteiger partial charge in [-0.05, 0) is 69.3 Å². The maximum absolute atomic E-state index is 13.3. The van der Waals surface area contributed by atoms with Crippen molar-refractivity contribution in [3.05, 3.63) is 75.1 Å². The average molecular weight is 451 g/mol. The number of halogens is 1. The maximum atomic E-state index is 13.3. The Labute approximate surface area is 194 Å². The van der Waals surface area contributed by atoms with E-state index in [2.05, 4.69) is 22.9 Å². The van der Waals surface area contributed by atoms with Crippen LogP contribution in [0.5, 0.6) is 5.75 Å². The van der Waals surface area contributed by atoms with E-state index in [0.717, 1.165) is 40.6 Å². The Kier molecular flexibility index (Phi) is 7.02. The molecule has 32 heavy (non-hydrogen) atoms. The van der Waals surface area contributed by atoms with Crippen molar-refractivity contribution in [2.45, 2.75) is 52.0 Å². The van der Waals surface area contributed by atoms with E-state index < -0.39 is 0 Å². The van der Waals surface area contributed by atoms with E-state index in [9.17, 15) is 4.79 Å². The summed E-state index contributed by atoms with van der Waals surface area (Å²) in [6.07, 6.45) is 7.05. The second-order valence-corrected chi connectivity index (χ2v) is 9.21. The van der Waals surface area contributed by atoms with E-state index >= 15 is 0 Å². The number of allylic oxidation sites excluding steroid dienone is 1. The largest absolute Gasteiger partial charge is 0.492 e. The van der Waals surface area contributed by atoms with Crippen molar-refractivity contribution >= 4 is 22.5 Å². The normalized spacial score (nSPS) is 16.3. The Balaban J connectivity index is 1.83. The lowest BCUT2D eigenvalue weighted by atomic mass is 9.98. The molecule has 1 atom stereocenters. The van der Waals surface area contributed by atoms with Crippen LogP contribution in [-0.4, -0.2) is 24.2 Å². The number of piperidine rings is 1. The van der Waals surface area contributed by atoms with Crippen molar-refractivity contribution in [2.24, 2.45) is 0 Å². The monoisotopic (exact) mass is 450 g/mol. The van der Waals surface area contributed by atoms with Crippen LogP contribution in [0, 0.1) is 13.8 Å². The van der Waals surface area contributed by atoms with Crippen LogP contribution in [0.2, 0.25) is 5.02 Å². The van der Waals surface area contributed by atoms with Crippen molar-refractivity contribution in [1.29, 1.82) is 0 Å². The van der Waals surface area contributed by atoms with Crippen LogP contribution >= 0.6 is 11.6 Å². The van der Waals surface area contributed by atoms with Gasteiger partial charge in [0.05, 0.1) is 17.7 Å². The maximum Gasteiger partial charge on any atom is 0.260 e. The van der Waals surface area contributed by atoms with Crippen LogP contribution in [0.25, 0.3) is 22.0 Å². The molecular weight excluding hydrogens is 420 g/mol. The summed E-state index contributed by atoms with van der Waals surface area (Å²) < 4.78 is 6.41. The van der Waals surface area contributed by atoms with Crippen LogP contribution in [-0.2, 0) is 6.42 Å². The standard InChI is InChI=1S/C27H31ClN2O2/c1-4-7-19-15-22-24(16-23(19)28)30-27(31)25(20-13-17(2)12-18(3)14-20)26(22)32-11-9-21-8-5-6-10-29-21/h4,12-16,21,29H,1,5-11H2,2-3H3,(H,30,31). The molecule has 1 aliphatic rings. The number of H-pyrrole nitrogens is 1. The first-order chi connectivity index (χ1) is 15.5. The molecule has 4 nitrogen and oxygen atoms in total. The quantitative estimate of drug-likeness (QED) is 0.427. The smallest absolute Gasteiger partial charge is 0.260 e. The molecule has 0 aliphatic carbocycles. The zero-order valence-electron chi connectivity index (χ0n) is 18.9. The minimum atomic E-state index is -0.166. The number of hydrogen-bond donors (Lipinski definition) is 2. The summed E-state index contributed by atoms with van der Waals surface area (Å²) in [6, 6.07) is 10.5. The Hall–Kier alpha value is -2.56. The van der Waals surface area contributed by atoms with Gasteiger partial charge in [-0.2, -0.15) is 0 Å². The fraction of sp³-hybridized carbons (Fsp3) is 0.370. The molecule has 168 valence electrons. The van der Waals surface area contributed by atoms with Gasteiger partial charge in [0.2, 0.25) is 0 Å². The molecule has 2 heterocycles. The van der Waals surface area contributed by atoms with Gasteiger partial charge in [-0.1, -0.05) is 53.4 Å². The van der Waals surface area contributed by atoms with Crippen LogP contribution in [0.15, 0.2) is 47.8 Å². The minimum absolute atomic E-state index is 0.166. The Bertz CT molecular complexity index is 1170. The summed E-state index contributed by atoms with van der Waals surface area (Å²) in [5.74, 6) is 0.631. The highest BCUT2D eigenvalue weighted by molar-refractivity contribution is 6.32. The molecule has 0 bridgehead atoms. The lowest BCUT2D eigenvalue weighted by Gasteiger charge is -2.24. The number of benzene rings is 2. The third-order valence-electron chi connectivity index (χ3n) is 6.13. The van der Waals surface area contributed by atoms with Crippen LogP contribution in [0.4, 0.5) is 0 Å². The summed E-state index contributed by atoms with van der Waals surface area (Å²) >= 11 is 6.47. The fourth-order valence-electron chi connectivity index (χ4n) is 4.65. The van der Waals surface area contributed by atoms with Crippen molar-refractivity contribution in [3.63, 3.8) is 0 Å². The number of aromatic amines is 1. The number of ether oxygens (including phenoxy) is 1. The van der Waals surface area contributed by atoms with Gasteiger partial charge < -0.3 is 15.0 Å². The van der Waals surface area contributed by atoms with Crippen molar-refractivity contribution in [1.82, 2.24) is 10.3 Å². The molecule has 0 spiro atoms. The Morgan fingerprint density at radius 3 is 2.62 bits per heavy atom. The number of hydrogen-bond acceptors (Lipinski definition) is 3. The molecule has 0 saturated carbocycles. The van der Waals surface area contributed by atoms with E-state index in [0.29, 0.717) is 40.9 Å². The second-order valence-electron chi connectivity index (χ2n) is 8.80.